The summed E-state index contributed by atoms with van der Waals surface area (Å²) in [6.45, 7) is 2.66. The van der Waals surface area contributed by atoms with Crippen LogP contribution in [-0.4, -0.2) is 19.7 Å². The molecule has 0 atom stereocenters. The lowest BCUT2D eigenvalue weighted by atomic mass is 9.99. The van der Waals surface area contributed by atoms with Gasteiger partial charge in [0.25, 0.3) is 0 Å². The summed E-state index contributed by atoms with van der Waals surface area (Å²) in [5.74, 6) is 0.632. The molecule has 1 aliphatic rings. The third-order valence-electron chi connectivity index (χ3n) is 2.66. The molecule has 0 fully saturated rings. The number of esters is 1. The Kier molecular flexibility index (Phi) is 2.62. The second kappa shape index (κ2) is 3.93. The molecule has 0 bridgehead atoms. The Morgan fingerprint density at radius 1 is 1.47 bits per heavy atom. The van der Waals surface area contributed by atoms with Crippen LogP contribution in [0.15, 0.2) is 12.1 Å². The van der Waals surface area contributed by atoms with E-state index in [-0.39, 0.29) is 5.97 Å². The summed E-state index contributed by atoms with van der Waals surface area (Å²) in [5.41, 5.74) is 2.65. The first kappa shape index (κ1) is 10.0. The van der Waals surface area contributed by atoms with Crippen molar-refractivity contribution in [1.29, 1.82) is 0 Å². The first-order chi connectivity index (χ1) is 7.22. The van der Waals surface area contributed by atoms with Crippen molar-refractivity contribution in [3.63, 3.8) is 0 Å². The molecular weight excluding hydrogens is 192 g/mol. The molecule has 2 rings (SSSR count). The van der Waals surface area contributed by atoms with Gasteiger partial charge in [0.05, 0.1) is 19.3 Å². The first-order valence-corrected chi connectivity index (χ1v) is 5.07. The Hall–Kier alpha value is -1.51. The molecule has 3 heteroatoms. The van der Waals surface area contributed by atoms with Gasteiger partial charge in [-0.05, 0) is 43.0 Å². The zero-order valence-electron chi connectivity index (χ0n) is 9.00. The Morgan fingerprint density at radius 3 is 3.00 bits per heavy atom. The molecule has 3 nitrogen and oxygen atoms in total. The molecule has 15 heavy (non-hydrogen) atoms. The molecule has 0 amide bonds. The highest BCUT2D eigenvalue weighted by Gasteiger charge is 2.16. The summed E-state index contributed by atoms with van der Waals surface area (Å²) in [6, 6.07) is 3.80. The molecule has 1 heterocycles. The maximum Gasteiger partial charge on any atom is 0.338 e. The lowest BCUT2D eigenvalue weighted by Gasteiger charge is -2.18. The predicted octanol–water partition coefficient (Wildman–Crippen LogP) is 2.11. The van der Waals surface area contributed by atoms with Crippen LogP contribution in [0.25, 0.3) is 0 Å². The third-order valence-corrected chi connectivity index (χ3v) is 2.66. The summed E-state index contributed by atoms with van der Waals surface area (Å²) in [5, 5.41) is 0. The summed E-state index contributed by atoms with van der Waals surface area (Å²) < 4.78 is 10.2. The van der Waals surface area contributed by atoms with E-state index in [1.807, 2.05) is 19.1 Å². The summed E-state index contributed by atoms with van der Waals surface area (Å²) >= 11 is 0. The topological polar surface area (TPSA) is 35.5 Å². The van der Waals surface area contributed by atoms with Crippen molar-refractivity contribution in [3.8, 4) is 5.75 Å². The van der Waals surface area contributed by atoms with Crippen LogP contribution in [0.5, 0.6) is 5.75 Å². The molecule has 0 spiro atoms. The molecule has 0 aliphatic carbocycles. The van der Waals surface area contributed by atoms with Crippen molar-refractivity contribution in [3.05, 3.63) is 28.8 Å². The van der Waals surface area contributed by atoms with Gasteiger partial charge in [0.1, 0.15) is 5.75 Å². The fourth-order valence-electron chi connectivity index (χ4n) is 1.83. The van der Waals surface area contributed by atoms with E-state index >= 15 is 0 Å². The van der Waals surface area contributed by atoms with Gasteiger partial charge in [-0.1, -0.05) is 0 Å². The molecule has 0 radical (unpaired) electrons. The second-order valence-corrected chi connectivity index (χ2v) is 3.72. The standard InChI is InChI=1S/C12H14O3/c1-8-6-11-9(4-3-5-15-11)7-10(8)12(13)14-2/h6-7H,3-5H2,1-2H3. The Balaban J connectivity index is 2.44. The average molecular weight is 206 g/mol. The lowest BCUT2D eigenvalue weighted by molar-refractivity contribution is 0.0599. The van der Waals surface area contributed by atoms with Crippen LogP contribution in [0.1, 0.15) is 27.9 Å². The van der Waals surface area contributed by atoms with Crippen LogP contribution in [0.3, 0.4) is 0 Å². The Labute approximate surface area is 89.0 Å². The van der Waals surface area contributed by atoms with Crippen molar-refractivity contribution < 1.29 is 14.3 Å². The number of benzene rings is 1. The molecule has 1 aliphatic heterocycles. The number of ether oxygens (including phenoxy) is 2. The molecule has 0 saturated carbocycles. The molecule has 1 aromatic carbocycles. The zero-order chi connectivity index (χ0) is 10.8. The number of fused-ring (bicyclic) bond motifs is 1. The van der Waals surface area contributed by atoms with Crippen LogP contribution in [0.2, 0.25) is 0 Å². The van der Waals surface area contributed by atoms with Crippen LogP contribution in [0, 0.1) is 6.92 Å². The van der Waals surface area contributed by atoms with E-state index in [2.05, 4.69) is 0 Å². The van der Waals surface area contributed by atoms with Crippen LogP contribution in [-0.2, 0) is 11.2 Å². The van der Waals surface area contributed by atoms with Gasteiger partial charge in [0.2, 0.25) is 0 Å². The van der Waals surface area contributed by atoms with Gasteiger partial charge < -0.3 is 9.47 Å². The minimum absolute atomic E-state index is 0.277. The highest BCUT2D eigenvalue weighted by molar-refractivity contribution is 5.91. The minimum atomic E-state index is -0.277. The largest absolute Gasteiger partial charge is 0.493 e. The van der Waals surface area contributed by atoms with Gasteiger partial charge in [-0.3, -0.25) is 0 Å². The van der Waals surface area contributed by atoms with E-state index in [4.69, 9.17) is 9.47 Å². The quantitative estimate of drug-likeness (QED) is 0.660. The van der Waals surface area contributed by atoms with Crippen molar-refractivity contribution in [2.24, 2.45) is 0 Å². The average Bonchev–Trinajstić information content (AvgIpc) is 2.27. The fourth-order valence-corrected chi connectivity index (χ4v) is 1.83. The lowest BCUT2D eigenvalue weighted by Crippen LogP contribution is -2.11. The summed E-state index contributed by atoms with van der Waals surface area (Å²) in [4.78, 5) is 11.5. The third kappa shape index (κ3) is 1.82. The Morgan fingerprint density at radius 2 is 2.27 bits per heavy atom. The number of methoxy groups -OCH3 is 1. The molecule has 0 unspecified atom stereocenters. The first-order valence-electron chi connectivity index (χ1n) is 5.07. The van der Waals surface area contributed by atoms with Crippen LogP contribution in [0.4, 0.5) is 0 Å². The predicted molar refractivity (Wildman–Crippen MR) is 56.3 cm³/mol. The highest BCUT2D eigenvalue weighted by Crippen LogP contribution is 2.28. The molecule has 0 saturated heterocycles. The number of carbonyl (C=O) groups excluding carboxylic acids is 1. The number of carbonyl (C=O) groups is 1. The van der Waals surface area contributed by atoms with E-state index < -0.39 is 0 Å². The van der Waals surface area contributed by atoms with E-state index in [1.54, 1.807) is 0 Å². The number of rotatable bonds is 1. The van der Waals surface area contributed by atoms with Gasteiger partial charge in [-0.2, -0.15) is 0 Å². The maximum absolute atomic E-state index is 11.5. The fraction of sp³-hybridized carbons (Fsp3) is 0.417. The minimum Gasteiger partial charge on any atom is -0.493 e. The summed E-state index contributed by atoms with van der Waals surface area (Å²) in [7, 11) is 1.40. The molecule has 1 aromatic rings. The highest BCUT2D eigenvalue weighted by atomic mass is 16.5. The molecule has 80 valence electrons. The van der Waals surface area contributed by atoms with E-state index in [0.29, 0.717) is 5.56 Å². The number of hydrogen-bond donors (Lipinski definition) is 0. The van der Waals surface area contributed by atoms with Gasteiger partial charge in [0, 0.05) is 0 Å². The normalized spacial score (nSPS) is 14.0. The number of hydrogen-bond acceptors (Lipinski definition) is 3. The second-order valence-electron chi connectivity index (χ2n) is 3.72. The Bertz CT molecular complexity index is 396. The molecule has 0 aromatic heterocycles. The monoisotopic (exact) mass is 206 g/mol. The SMILES string of the molecule is COC(=O)c1cc2c(cc1C)OCCC2. The van der Waals surface area contributed by atoms with Gasteiger partial charge in [0.15, 0.2) is 0 Å². The van der Waals surface area contributed by atoms with Gasteiger partial charge in [-0.25, -0.2) is 4.79 Å². The van der Waals surface area contributed by atoms with Gasteiger partial charge >= 0.3 is 5.97 Å². The van der Waals surface area contributed by atoms with Crippen molar-refractivity contribution >= 4 is 5.97 Å². The summed E-state index contributed by atoms with van der Waals surface area (Å²) in [6.07, 6.45) is 1.98. The van der Waals surface area contributed by atoms with Crippen molar-refractivity contribution in [1.82, 2.24) is 0 Å². The van der Waals surface area contributed by atoms with E-state index in [9.17, 15) is 4.79 Å². The number of aryl methyl sites for hydroxylation is 2. The van der Waals surface area contributed by atoms with Crippen molar-refractivity contribution in [2.45, 2.75) is 19.8 Å². The molecule has 0 N–H and O–H groups in total. The van der Waals surface area contributed by atoms with E-state index in [1.165, 1.54) is 7.11 Å². The van der Waals surface area contributed by atoms with E-state index in [0.717, 1.165) is 36.3 Å². The smallest absolute Gasteiger partial charge is 0.338 e. The van der Waals surface area contributed by atoms with Crippen molar-refractivity contribution in [2.75, 3.05) is 13.7 Å². The maximum atomic E-state index is 11.5. The van der Waals surface area contributed by atoms with Crippen LogP contribution >= 0.6 is 0 Å². The zero-order valence-corrected chi connectivity index (χ0v) is 9.00. The van der Waals surface area contributed by atoms with Crippen LogP contribution < -0.4 is 4.74 Å². The van der Waals surface area contributed by atoms with Gasteiger partial charge in [-0.15, -0.1) is 0 Å². The molecular formula is C12H14O3.